The zero-order valence-electron chi connectivity index (χ0n) is 19.1. The van der Waals surface area contributed by atoms with E-state index >= 15 is 0 Å². The Balaban J connectivity index is 1.72. The zero-order chi connectivity index (χ0) is 22.4. The molecule has 0 radical (unpaired) electrons. The van der Waals surface area contributed by atoms with Gasteiger partial charge >= 0.3 is 0 Å². The predicted octanol–water partition coefficient (Wildman–Crippen LogP) is 3.25. The van der Waals surface area contributed by atoms with E-state index in [1.54, 1.807) is 16.4 Å². The number of unbranched alkanes of at least 4 members (excludes halogenated alkanes) is 1. The Morgan fingerprint density at radius 3 is 2.55 bits per heavy atom. The summed E-state index contributed by atoms with van der Waals surface area (Å²) in [6.07, 6.45) is 6.96. The van der Waals surface area contributed by atoms with E-state index in [1.165, 1.54) is 26.0 Å². The topological polar surface area (TPSA) is 79.0 Å². The van der Waals surface area contributed by atoms with Gasteiger partial charge in [0.15, 0.2) is 0 Å². The Hall–Kier alpha value is -1.64. The van der Waals surface area contributed by atoms with Crippen LogP contribution < -0.4 is 10.1 Å². The number of sulfonamides is 1. The van der Waals surface area contributed by atoms with Gasteiger partial charge in [0.1, 0.15) is 10.6 Å². The number of piperidine rings is 2. The third kappa shape index (κ3) is 5.79. The van der Waals surface area contributed by atoms with Crippen molar-refractivity contribution < 1.29 is 17.9 Å². The number of amides is 1. The first kappa shape index (κ1) is 24.0. The summed E-state index contributed by atoms with van der Waals surface area (Å²) in [6.45, 7) is 7.72. The molecule has 2 aliphatic heterocycles. The Labute approximate surface area is 187 Å². The van der Waals surface area contributed by atoms with E-state index in [2.05, 4.69) is 17.1 Å². The molecule has 0 saturated carbocycles. The minimum atomic E-state index is -3.74. The number of likely N-dealkylation sites (tertiary alicyclic amines) is 1. The highest BCUT2D eigenvalue weighted by atomic mass is 32.2. The molecule has 174 valence electrons. The number of benzene rings is 1. The Morgan fingerprint density at radius 2 is 1.90 bits per heavy atom. The van der Waals surface area contributed by atoms with E-state index < -0.39 is 10.0 Å². The van der Waals surface area contributed by atoms with Crippen molar-refractivity contribution in [3.63, 3.8) is 0 Å². The van der Waals surface area contributed by atoms with Crippen molar-refractivity contribution in [1.82, 2.24) is 14.5 Å². The molecule has 31 heavy (non-hydrogen) atoms. The summed E-state index contributed by atoms with van der Waals surface area (Å²) in [5.74, 6) is 0.0522. The molecule has 1 N–H and O–H groups in total. The number of nitrogens with zero attached hydrogens (tertiary/aromatic N) is 2. The monoisotopic (exact) mass is 451 g/mol. The lowest BCUT2D eigenvalue weighted by Gasteiger charge is -2.33. The van der Waals surface area contributed by atoms with Crippen molar-refractivity contribution in [2.45, 2.75) is 75.8 Å². The van der Waals surface area contributed by atoms with Crippen LogP contribution >= 0.6 is 0 Å². The van der Waals surface area contributed by atoms with Crippen molar-refractivity contribution in [2.24, 2.45) is 0 Å². The van der Waals surface area contributed by atoms with Crippen LogP contribution in [0, 0.1) is 0 Å². The van der Waals surface area contributed by atoms with Gasteiger partial charge in [-0.2, -0.15) is 4.31 Å². The SMILES string of the molecule is CCCCN1CCC(NC(=O)c2ccc(OC)c(S(=O)(=O)N3CCCCC3C)c2)CC1. The van der Waals surface area contributed by atoms with Crippen molar-refractivity contribution in [3.8, 4) is 5.75 Å². The average Bonchev–Trinajstić information content (AvgIpc) is 2.78. The molecule has 0 bridgehead atoms. The lowest BCUT2D eigenvalue weighted by atomic mass is 10.0. The minimum absolute atomic E-state index is 0.0566. The van der Waals surface area contributed by atoms with Crippen LogP contribution in [0.15, 0.2) is 23.1 Å². The molecule has 2 saturated heterocycles. The highest BCUT2D eigenvalue weighted by Gasteiger charge is 2.33. The van der Waals surface area contributed by atoms with E-state index in [0.717, 1.165) is 51.7 Å². The smallest absolute Gasteiger partial charge is 0.251 e. The lowest BCUT2D eigenvalue weighted by Crippen LogP contribution is -2.45. The van der Waals surface area contributed by atoms with Crippen LogP contribution in [0.4, 0.5) is 0 Å². The number of nitrogens with one attached hydrogen (secondary N) is 1. The Morgan fingerprint density at radius 1 is 1.16 bits per heavy atom. The van der Waals surface area contributed by atoms with Crippen molar-refractivity contribution >= 4 is 15.9 Å². The normalized spacial score (nSPS) is 21.7. The number of hydrogen-bond acceptors (Lipinski definition) is 5. The highest BCUT2D eigenvalue weighted by molar-refractivity contribution is 7.89. The fourth-order valence-corrected chi connectivity index (χ4v) is 6.41. The second-order valence-electron chi connectivity index (χ2n) is 8.77. The van der Waals surface area contributed by atoms with E-state index in [4.69, 9.17) is 4.74 Å². The van der Waals surface area contributed by atoms with Gasteiger partial charge in [0.05, 0.1) is 7.11 Å². The van der Waals surface area contributed by atoms with E-state index in [-0.39, 0.29) is 28.6 Å². The van der Waals surface area contributed by atoms with Crippen LogP contribution in [0.5, 0.6) is 5.75 Å². The number of carbonyl (C=O) groups excluding carboxylic acids is 1. The van der Waals surface area contributed by atoms with Gasteiger partial charge in [-0.05, 0) is 63.8 Å². The Bertz CT molecular complexity index is 850. The van der Waals surface area contributed by atoms with Crippen molar-refractivity contribution in [1.29, 1.82) is 0 Å². The third-order valence-corrected chi connectivity index (χ3v) is 8.54. The summed E-state index contributed by atoms with van der Waals surface area (Å²) in [7, 11) is -2.28. The first-order valence-corrected chi connectivity index (χ1v) is 13.0. The number of ether oxygens (including phenoxy) is 1. The number of methoxy groups -OCH3 is 1. The fraction of sp³-hybridized carbons (Fsp3) is 0.696. The van der Waals surface area contributed by atoms with Gasteiger partial charge < -0.3 is 15.0 Å². The molecule has 1 unspecified atom stereocenters. The molecule has 0 aliphatic carbocycles. The summed E-state index contributed by atoms with van der Waals surface area (Å²) in [5, 5.41) is 3.10. The molecule has 1 aromatic rings. The quantitative estimate of drug-likeness (QED) is 0.656. The van der Waals surface area contributed by atoms with Gasteiger partial charge in [0, 0.05) is 37.3 Å². The molecule has 8 heteroatoms. The Kier molecular flexibility index (Phi) is 8.36. The largest absolute Gasteiger partial charge is 0.495 e. The maximum absolute atomic E-state index is 13.4. The molecule has 0 spiro atoms. The zero-order valence-corrected chi connectivity index (χ0v) is 19.9. The first-order chi connectivity index (χ1) is 14.9. The molecular weight excluding hydrogens is 414 g/mol. The van der Waals surface area contributed by atoms with Gasteiger partial charge in [0.2, 0.25) is 10.0 Å². The average molecular weight is 452 g/mol. The van der Waals surface area contributed by atoms with Crippen molar-refractivity contribution in [3.05, 3.63) is 23.8 Å². The fourth-order valence-electron chi connectivity index (χ4n) is 4.53. The maximum atomic E-state index is 13.4. The molecule has 2 heterocycles. The van der Waals surface area contributed by atoms with Gasteiger partial charge in [0.25, 0.3) is 5.91 Å². The summed E-state index contributed by atoms with van der Waals surface area (Å²) >= 11 is 0. The van der Waals surface area contributed by atoms with Gasteiger partial charge in [-0.25, -0.2) is 8.42 Å². The van der Waals surface area contributed by atoms with Gasteiger partial charge in [-0.3, -0.25) is 4.79 Å². The molecule has 2 fully saturated rings. The van der Waals surface area contributed by atoms with E-state index in [9.17, 15) is 13.2 Å². The molecule has 1 aromatic carbocycles. The predicted molar refractivity (Wildman–Crippen MR) is 122 cm³/mol. The molecule has 1 atom stereocenters. The van der Waals surface area contributed by atoms with Crippen LogP contribution in [0.2, 0.25) is 0 Å². The molecule has 7 nitrogen and oxygen atoms in total. The number of rotatable bonds is 8. The van der Waals surface area contributed by atoms with E-state index in [1.807, 2.05) is 6.92 Å². The van der Waals surface area contributed by atoms with Gasteiger partial charge in [-0.15, -0.1) is 0 Å². The molecule has 0 aromatic heterocycles. The molecule has 3 rings (SSSR count). The summed E-state index contributed by atoms with van der Waals surface area (Å²) in [5.41, 5.74) is 0.359. The van der Waals surface area contributed by atoms with Crippen molar-refractivity contribution in [2.75, 3.05) is 33.3 Å². The van der Waals surface area contributed by atoms with E-state index in [0.29, 0.717) is 12.1 Å². The van der Waals surface area contributed by atoms with Crippen LogP contribution in [0.25, 0.3) is 0 Å². The summed E-state index contributed by atoms with van der Waals surface area (Å²) < 4.78 is 33.6. The number of hydrogen-bond donors (Lipinski definition) is 1. The van der Waals surface area contributed by atoms with Crippen LogP contribution in [-0.4, -0.2) is 68.9 Å². The second-order valence-corrected chi connectivity index (χ2v) is 10.6. The maximum Gasteiger partial charge on any atom is 0.251 e. The third-order valence-electron chi connectivity index (χ3n) is 6.51. The first-order valence-electron chi connectivity index (χ1n) is 11.6. The van der Waals surface area contributed by atoms with Crippen LogP contribution in [0.1, 0.15) is 69.2 Å². The summed E-state index contributed by atoms with van der Waals surface area (Å²) in [4.78, 5) is 15.4. The number of carbonyl (C=O) groups is 1. The standard InChI is InChI=1S/C23H37N3O4S/c1-4-5-13-25-15-11-20(12-16-25)24-23(27)19-9-10-21(30-3)22(17-19)31(28,29)26-14-7-6-8-18(26)2/h9-10,17-18,20H,4-8,11-16H2,1-3H3,(H,24,27). The minimum Gasteiger partial charge on any atom is -0.495 e. The molecular formula is C23H37N3O4S. The lowest BCUT2D eigenvalue weighted by molar-refractivity contribution is 0.0910. The van der Waals surface area contributed by atoms with Crippen LogP contribution in [0.3, 0.4) is 0 Å². The summed E-state index contributed by atoms with van der Waals surface area (Å²) in [6, 6.07) is 4.77. The van der Waals surface area contributed by atoms with Crippen LogP contribution in [-0.2, 0) is 10.0 Å². The molecule has 1 amide bonds. The second kappa shape index (κ2) is 10.8. The van der Waals surface area contributed by atoms with Gasteiger partial charge in [-0.1, -0.05) is 19.8 Å². The molecule has 2 aliphatic rings. The highest BCUT2D eigenvalue weighted by Crippen LogP contribution is 2.31.